The Kier molecular flexibility index (Phi) is 2.97. The fourth-order valence-corrected chi connectivity index (χ4v) is 2.88. The summed E-state index contributed by atoms with van der Waals surface area (Å²) in [5, 5.41) is 13.2. The number of fused-ring (bicyclic) bond motifs is 1. The second kappa shape index (κ2) is 4.53. The highest BCUT2D eigenvalue weighted by Crippen LogP contribution is 2.28. The zero-order valence-electron chi connectivity index (χ0n) is 11.2. The van der Waals surface area contributed by atoms with Gasteiger partial charge in [0.05, 0.1) is 5.60 Å². The molecule has 2 aliphatic rings. The van der Waals surface area contributed by atoms with E-state index in [1.807, 2.05) is 30.0 Å². The number of hydrogen-bond acceptors (Lipinski definition) is 3. The van der Waals surface area contributed by atoms with Crippen LogP contribution in [0.3, 0.4) is 0 Å². The second-order valence-electron chi connectivity index (χ2n) is 5.88. The van der Waals surface area contributed by atoms with E-state index in [4.69, 9.17) is 0 Å². The Bertz CT molecular complexity index is 464. The molecule has 19 heavy (non-hydrogen) atoms. The molecule has 0 spiro atoms. The number of nitrogens with one attached hydrogen (secondary N) is 1. The van der Waals surface area contributed by atoms with E-state index in [1.165, 1.54) is 5.56 Å². The van der Waals surface area contributed by atoms with Gasteiger partial charge in [-0.05, 0) is 31.4 Å². The topological polar surface area (TPSA) is 52.6 Å². The molecule has 102 valence electrons. The lowest BCUT2D eigenvalue weighted by atomic mass is 9.93. The summed E-state index contributed by atoms with van der Waals surface area (Å²) in [6, 6.07) is 7.93. The number of carbonyl (C=O) groups excluding carboxylic acids is 1. The second-order valence-corrected chi connectivity index (χ2v) is 5.88. The van der Waals surface area contributed by atoms with E-state index in [9.17, 15) is 9.90 Å². The highest BCUT2D eigenvalue weighted by atomic mass is 16.3. The molecule has 1 aromatic rings. The third kappa shape index (κ3) is 2.45. The maximum absolute atomic E-state index is 12.5. The van der Waals surface area contributed by atoms with Crippen LogP contribution < -0.4 is 5.32 Å². The number of hydrogen-bond donors (Lipinski definition) is 2. The van der Waals surface area contributed by atoms with Crippen molar-refractivity contribution >= 4 is 11.6 Å². The van der Waals surface area contributed by atoms with Crippen LogP contribution in [0.15, 0.2) is 24.3 Å². The summed E-state index contributed by atoms with van der Waals surface area (Å²) < 4.78 is 0. The van der Waals surface area contributed by atoms with E-state index in [0.717, 1.165) is 12.1 Å². The van der Waals surface area contributed by atoms with Crippen LogP contribution in [0, 0.1) is 0 Å². The fraction of sp³-hybridized carbons (Fsp3) is 0.533. The predicted molar refractivity (Wildman–Crippen MR) is 74.0 cm³/mol. The van der Waals surface area contributed by atoms with Crippen molar-refractivity contribution in [2.45, 2.75) is 37.8 Å². The van der Waals surface area contributed by atoms with Gasteiger partial charge in [0.15, 0.2) is 0 Å². The molecule has 1 fully saturated rings. The molecule has 4 heteroatoms. The first kappa shape index (κ1) is 12.5. The first-order chi connectivity index (χ1) is 9.05. The summed E-state index contributed by atoms with van der Waals surface area (Å²) in [4.78, 5) is 14.3. The number of rotatable bonds is 1. The van der Waals surface area contributed by atoms with E-state index in [-0.39, 0.29) is 11.9 Å². The average molecular weight is 260 g/mol. The molecule has 0 bridgehead atoms. The Balaban J connectivity index is 1.64. The van der Waals surface area contributed by atoms with E-state index in [2.05, 4.69) is 11.4 Å². The van der Waals surface area contributed by atoms with Crippen LogP contribution in [0.5, 0.6) is 0 Å². The molecule has 1 atom stereocenters. The Morgan fingerprint density at radius 3 is 2.74 bits per heavy atom. The number of piperidine rings is 1. The van der Waals surface area contributed by atoms with E-state index < -0.39 is 5.60 Å². The number of carbonyl (C=O) groups is 1. The normalized spacial score (nSPS) is 24.7. The summed E-state index contributed by atoms with van der Waals surface area (Å²) >= 11 is 0. The monoisotopic (exact) mass is 260 g/mol. The molecule has 3 rings (SSSR count). The van der Waals surface area contributed by atoms with Crippen LogP contribution >= 0.6 is 0 Å². The van der Waals surface area contributed by atoms with Crippen LogP contribution in [0.1, 0.15) is 25.3 Å². The smallest absolute Gasteiger partial charge is 0.245 e. The number of aliphatic hydroxyl groups is 1. The molecule has 2 N–H and O–H groups in total. The number of likely N-dealkylation sites (tertiary alicyclic amines) is 1. The van der Waals surface area contributed by atoms with Gasteiger partial charge >= 0.3 is 0 Å². The quantitative estimate of drug-likeness (QED) is 0.802. The fourth-order valence-electron chi connectivity index (χ4n) is 2.88. The van der Waals surface area contributed by atoms with Crippen molar-refractivity contribution in [1.82, 2.24) is 4.90 Å². The van der Waals surface area contributed by atoms with Gasteiger partial charge in [-0.2, -0.15) is 0 Å². The maximum atomic E-state index is 12.5. The highest BCUT2D eigenvalue weighted by molar-refractivity contribution is 5.87. The van der Waals surface area contributed by atoms with Crippen molar-refractivity contribution in [3.63, 3.8) is 0 Å². The van der Waals surface area contributed by atoms with Crippen LogP contribution in [0.25, 0.3) is 0 Å². The molecule has 0 saturated carbocycles. The first-order valence-electron chi connectivity index (χ1n) is 6.91. The Labute approximate surface area is 113 Å². The molecule has 2 heterocycles. The molecule has 1 aromatic carbocycles. The first-order valence-corrected chi connectivity index (χ1v) is 6.91. The summed E-state index contributed by atoms with van der Waals surface area (Å²) in [7, 11) is 0. The van der Waals surface area contributed by atoms with Crippen molar-refractivity contribution in [3.05, 3.63) is 29.8 Å². The van der Waals surface area contributed by atoms with Crippen molar-refractivity contribution < 1.29 is 9.90 Å². The van der Waals surface area contributed by atoms with Crippen LogP contribution in [-0.4, -0.2) is 40.6 Å². The molecule has 0 radical (unpaired) electrons. The molecular formula is C15H20N2O2. The summed E-state index contributed by atoms with van der Waals surface area (Å²) in [6.45, 7) is 3.15. The number of para-hydroxylation sites is 1. The minimum atomic E-state index is -0.608. The molecule has 1 amide bonds. The summed E-state index contributed by atoms with van der Waals surface area (Å²) in [5.41, 5.74) is 1.68. The van der Waals surface area contributed by atoms with Gasteiger partial charge in [0, 0.05) is 25.2 Å². The van der Waals surface area contributed by atoms with Crippen LogP contribution in [0.2, 0.25) is 0 Å². The van der Waals surface area contributed by atoms with Crippen LogP contribution in [0.4, 0.5) is 5.69 Å². The standard InChI is InChI=1S/C15H20N2O2/c1-15(19)6-8-17(9-7-15)14(18)13-10-11-4-2-3-5-12(11)16-13/h2-5,13,16,19H,6-10H2,1H3/t13-/m0/s1. The Hall–Kier alpha value is -1.55. The molecule has 0 aromatic heterocycles. The van der Waals surface area contributed by atoms with Crippen molar-refractivity contribution in [2.75, 3.05) is 18.4 Å². The maximum Gasteiger partial charge on any atom is 0.245 e. The van der Waals surface area contributed by atoms with Gasteiger partial charge in [0.2, 0.25) is 5.91 Å². The third-order valence-electron chi connectivity index (χ3n) is 4.22. The van der Waals surface area contributed by atoms with E-state index >= 15 is 0 Å². The van der Waals surface area contributed by atoms with Crippen molar-refractivity contribution in [1.29, 1.82) is 0 Å². The van der Waals surface area contributed by atoms with Gasteiger partial charge in [0.1, 0.15) is 6.04 Å². The van der Waals surface area contributed by atoms with Crippen LogP contribution in [-0.2, 0) is 11.2 Å². The zero-order chi connectivity index (χ0) is 13.5. The molecule has 4 nitrogen and oxygen atoms in total. The summed E-state index contributed by atoms with van der Waals surface area (Å²) in [5.74, 6) is 0.159. The Morgan fingerprint density at radius 2 is 2.05 bits per heavy atom. The van der Waals surface area contributed by atoms with E-state index in [1.54, 1.807) is 0 Å². The average Bonchev–Trinajstić information content (AvgIpc) is 2.81. The molecule has 0 aliphatic carbocycles. The number of amides is 1. The Morgan fingerprint density at radius 1 is 1.37 bits per heavy atom. The minimum absolute atomic E-state index is 0.138. The van der Waals surface area contributed by atoms with E-state index in [0.29, 0.717) is 25.9 Å². The summed E-state index contributed by atoms with van der Waals surface area (Å²) in [6.07, 6.45) is 2.10. The minimum Gasteiger partial charge on any atom is -0.390 e. The van der Waals surface area contributed by atoms with Crippen molar-refractivity contribution in [3.8, 4) is 0 Å². The molecular weight excluding hydrogens is 240 g/mol. The highest BCUT2D eigenvalue weighted by Gasteiger charge is 2.34. The number of benzene rings is 1. The van der Waals surface area contributed by atoms with Gasteiger partial charge in [-0.1, -0.05) is 18.2 Å². The lowest BCUT2D eigenvalue weighted by Crippen LogP contribution is -2.49. The zero-order valence-corrected chi connectivity index (χ0v) is 11.2. The predicted octanol–water partition coefficient (Wildman–Crippen LogP) is 1.40. The molecule has 2 aliphatic heterocycles. The third-order valence-corrected chi connectivity index (χ3v) is 4.22. The lowest BCUT2D eigenvalue weighted by Gasteiger charge is -2.36. The van der Waals surface area contributed by atoms with Crippen molar-refractivity contribution in [2.24, 2.45) is 0 Å². The number of nitrogens with zero attached hydrogens (tertiary/aromatic N) is 1. The van der Waals surface area contributed by atoms with Gasteiger partial charge in [-0.3, -0.25) is 4.79 Å². The number of anilines is 1. The largest absolute Gasteiger partial charge is 0.390 e. The molecule has 1 saturated heterocycles. The van der Waals surface area contributed by atoms with Gasteiger partial charge < -0.3 is 15.3 Å². The molecule has 0 unspecified atom stereocenters. The van der Waals surface area contributed by atoms with Gasteiger partial charge in [-0.25, -0.2) is 0 Å². The lowest BCUT2D eigenvalue weighted by molar-refractivity contribution is -0.135. The van der Waals surface area contributed by atoms with Gasteiger partial charge in [-0.15, -0.1) is 0 Å². The van der Waals surface area contributed by atoms with Gasteiger partial charge in [0.25, 0.3) is 0 Å². The SMILES string of the molecule is CC1(O)CCN(C(=O)[C@@H]2Cc3ccccc3N2)CC1.